The van der Waals surface area contributed by atoms with Crippen molar-refractivity contribution in [2.45, 2.75) is 24.7 Å². The van der Waals surface area contributed by atoms with Crippen LogP contribution in [0, 0.1) is 5.82 Å². The summed E-state index contributed by atoms with van der Waals surface area (Å²) in [4.78, 5) is 0.148. The van der Waals surface area contributed by atoms with Crippen molar-refractivity contribution >= 4 is 31.6 Å². The molecule has 1 N–H and O–H groups in total. The summed E-state index contributed by atoms with van der Waals surface area (Å²) in [5.74, 6) is -0.194. The molecular weight excluding hydrogens is 357 g/mol. The summed E-state index contributed by atoms with van der Waals surface area (Å²) >= 11 is 3.02. The second kappa shape index (κ2) is 6.15. The number of benzene rings is 2. The first-order valence-electron chi connectivity index (χ1n) is 6.37. The highest BCUT2D eigenvalue weighted by Crippen LogP contribution is 2.23. The minimum atomic E-state index is -3.72. The molecule has 2 rings (SSSR count). The van der Waals surface area contributed by atoms with E-state index in [1.165, 1.54) is 12.1 Å². The minimum Gasteiger partial charge on any atom is -0.280 e. The zero-order valence-electron chi connectivity index (χ0n) is 11.6. The summed E-state index contributed by atoms with van der Waals surface area (Å²) in [5, 5.41) is 0. The first-order valence-corrected chi connectivity index (χ1v) is 8.65. The maximum absolute atomic E-state index is 13.4. The lowest BCUT2D eigenvalue weighted by atomic mass is 10.0. The van der Waals surface area contributed by atoms with Gasteiger partial charge in [0.15, 0.2) is 0 Å². The van der Waals surface area contributed by atoms with Crippen molar-refractivity contribution in [3.63, 3.8) is 0 Å². The van der Waals surface area contributed by atoms with E-state index in [0.29, 0.717) is 5.92 Å². The third kappa shape index (κ3) is 3.83. The molecule has 6 heteroatoms. The van der Waals surface area contributed by atoms with Gasteiger partial charge in [0.1, 0.15) is 5.82 Å². The van der Waals surface area contributed by atoms with Crippen LogP contribution < -0.4 is 4.72 Å². The third-order valence-corrected chi connectivity index (χ3v) is 5.07. The number of halogens is 2. The maximum Gasteiger partial charge on any atom is 0.261 e. The van der Waals surface area contributed by atoms with Crippen LogP contribution in [0.5, 0.6) is 0 Å². The summed E-state index contributed by atoms with van der Waals surface area (Å²) in [6, 6.07) is 10.7. The molecular formula is C15H15BrFNO2S. The van der Waals surface area contributed by atoms with Gasteiger partial charge in [-0.15, -0.1) is 0 Å². The van der Waals surface area contributed by atoms with E-state index in [1.807, 2.05) is 13.8 Å². The highest BCUT2D eigenvalue weighted by Gasteiger charge is 2.15. The van der Waals surface area contributed by atoms with Gasteiger partial charge in [0.2, 0.25) is 0 Å². The lowest BCUT2D eigenvalue weighted by Gasteiger charge is -2.10. The van der Waals surface area contributed by atoms with Crippen molar-refractivity contribution in [2.75, 3.05) is 4.72 Å². The predicted octanol–water partition coefficient (Wildman–Crippen LogP) is 4.51. The van der Waals surface area contributed by atoms with Gasteiger partial charge >= 0.3 is 0 Å². The molecule has 112 valence electrons. The first kappa shape index (κ1) is 16.0. The fourth-order valence-electron chi connectivity index (χ4n) is 1.81. The molecule has 0 atom stereocenters. The van der Waals surface area contributed by atoms with Crippen LogP contribution in [-0.2, 0) is 10.0 Å². The van der Waals surface area contributed by atoms with E-state index < -0.39 is 15.8 Å². The average Bonchev–Trinajstić information content (AvgIpc) is 2.43. The van der Waals surface area contributed by atoms with Crippen LogP contribution in [0.15, 0.2) is 51.8 Å². The van der Waals surface area contributed by atoms with Gasteiger partial charge in [-0.1, -0.05) is 26.0 Å². The van der Waals surface area contributed by atoms with Crippen molar-refractivity contribution in [3.05, 3.63) is 58.3 Å². The molecule has 0 saturated heterocycles. The van der Waals surface area contributed by atoms with Crippen LogP contribution in [0.3, 0.4) is 0 Å². The summed E-state index contributed by atoms with van der Waals surface area (Å²) < 4.78 is 40.5. The molecule has 0 radical (unpaired) electrons. The fraction of sp³-hybridized carbons (Fsp3) is 0.200. The van der Waals surface area contributed by atoms with Crippen LogP contribution in [-0.4, -0.2) is 8.42 Å². The number of rotatable bonds is 4. The largest absolute Gasteiger partial charge is 0.280 e. The van der Waals surface area contributed by atoms with E-state index in [2.05, 4.69) is 20.7 Å². The molecule has 0 aliphatic heterocycles. The van der Waals surface area contributed by atoms with Crippen molar-refractivity contribution in [1.82, 2.24) is 0 Å². The predicted molar refractivity (Wildman–Crippen MR) is 85.4 cm³/mol. The molecule has 0 amide bonds. The molecule has 0 unspecified atom stereocenters. The van der Waals surface area contributed by atoms with Gasteiger partial charge in [-0.25, -0.2) is 12.8 Å². The molecule has 0 heterocycles. The Morgan fingerprint density at radius 3 is 2.24 bits per heavy atom. The number of hydrogen-bond acceptors (Lipinski definition) is 2. The van der Waals surface area contributed by atoms with Crippen LogP contribution in [0.25, 0.3) is 0 Å². The van der Waals surface area contributed by atoms with Crippen molar-refractivity contribution in [2.24, 2.45) is 0 Å². The minimum absolute atomic E-state index is 0.148. The summed E-state index contributed by atoms with van der Waals surface area (Å²) in [7, 11) is -3.72. The van der Waals surface area contributed by atoms with Gasteiger partial charge in [0.05, 0.1) is 15.1 Å². The lowest BCUT2D eigenvalue weighted by Crippen LogP contribution is -2.13. The lowest BCUT2D eigenvalue weighted by molar-refractivity contribution is 0.601. The molecule has 0 aromatic heterocycles. The van der Waals surface area contributed by atoms with Crippen LogP contribution in [0.2, 0.25) is 0 Å². The van der Waals surface area contributed by atoms with Gasteiger partial charge in [-0.05, 0) is 57.7 Å². The standard InChI is InChI=1S/C15H15BrFNO2S/c1-10(2)11-3-6-13(7-4-11)21(19,20)18-12-5-8-14(16)15(17)9-12/h3-10,18H,1-2H3. The molecule has 0 spiro atoms. The maximum atomic E-state index is 13.4. The van der Waals surface area contributed by atoms with E-state index in [1.54, 1.807) is 24.3 Å². The number of anilines is 1. The topological polar surface area (TPSA) is 46.2 Å². The molecule has 2 aromatic carbocycles. The van der Waals surface area contributed by atoms with E-state index in [4.69, 9.17) is 0 Å². The fourth-order valence-corrected chi connectivity index (χ4v) is 3.10. The number of hydrogen-bond donors (Lipinski definition) is 1. The van der Waals surface area contributed by atoms with E-state index >= 15 is 0 Å². The van der Waals surface area contributed by atoms with E-state index in [0.717, 1.165) is 11.6 Å². The van der Waals surface area contributed by atoms with Crippen molar-refractivity contribution in [3.8, 4) is 0 Å². The second-order valence-electron chi connectivity index (χ2n) is 4.96. The van der Waals surface area contributed by atoms with Crippen LogP contribution >= 0.6 is 15.9 Å². The zero-order chi connectivity index (χ0) is 15.6. The number of sulfonamides is 1. The second-order valence-corrected chi connectivity index (χ2v) is 7.49. The molecule has 2 aromatic rings. The molecule has 21 heavy (non-hydrogen) atoms. The van der Waals surface area contributed by atoms with Gasteiger partial charge in [0, 0.05) is 0 Å². The SMILES string of the molecule is CC(C)c1ccc(S(=O)(=O)Nc2ccc(Br)c(F)c2)cc1. The highest BCUT2D eigenvalue weighted by atomic mass is 79.9. The Bertz CT molecular complexity index is 743. The van der Waals surface area contributed by atoms with Crippen LogP contribution in [0.4, 0.5) is 10.1 Å². The molecule has 0 fully saturated rings. The Hall–Kier alpha value is -1.40. The zero-order valence-corrected chi connectivity index (χ0v) is 14.0. The van der Waals surface area contributed by atoms with Crippen molar-refractivity contribution in [1.29, 1.82) is 0 Å². The van der Waals surface area contributed by atoms with Crippen LogP contribution in [0.1, 0.15) is 25.3 Å². The average molecular weight is 372 g/mol. The van der Waals surface area contributed by atoms with Gasteiger partial charge in [0.25, 0.3) is 10.0 Å². The summed E-state index contributed by atoms with van der Waals surface area (Å²) in [6.07, 6.45) is 0. The van der Waals surface area contributed by atoms with Gasteiger partial charge in [-0.3, -0.25) is 4.72 Å². The summed E-state index contributed by atoms with van der Waals surface area (Å²) in [6.45, 7) is 4.07. The Kier molecular flexibility index (Phi) is 4.68. The molecule has 0 bridgehead atoms. The Morgan fingerprint density at radius 2 is 1.71 bits per heavy atom. The Balaban J connectivity index is 2.27. The normalized spacial score (nSPS) is 11.7. The number of nitrogens with one attached hydrogen (secondary N) is 1. The molecule has 0 saturated carbocycles. The van der Waals surface area contributed by atoms with Gasteiger partial charge in [-0.2, -0.15) is 0 Å². The van der Waals surface area contributed by atoms with E-state index in [9.17, 15) is 12.8 Å². The molecule has 0 aliphatic carbocycles. The monoisotopic (exact) mass is 371 g/mol. The van der Waals surface area contributed by atoms with Gasteiger partial charge < -0.3 is 0 Å². The van der Waals surface area contributed by atoms with Crippen molar-refractivity contribution < 1.29 is 12.8 Å². The van der Waals surface area contributed by atoms with E-state index in [-0.39, 0.29) is 15.1 Å². The quantitative estimate of drug-likeness (QED) is 0.858. The Morgan fingerprint density at radius 1 is 1.10 bits per heavy atom. The molecule has 0 aliphatic rings. The Labute approximate surface area is 132 Å². The highest BCUT2D eigenvalue weighted by molar-refractivity contribution is 9.10. The summed E-state index contributed by atoms with van der Waals surface area (Å²) in [5.41, 5.74) is 1.24. The molecule has 3 nitrogen and oxygen atoms in total. The smallest absolute Gasteiger partial charge is 0.261 e. The third-order valence-electron chi connectivity index (χ3n) is 3.03. The first-order chi connectivity index (χ1) is 9.79.